The summed E-state index contributed by atoms with van der Waals surface area (Å²) in [5.41, 5.74) is 4.59. The number of hydrogen-bond donors (Lipinski definition) is 2. The van der Waals surface area contributed by atoms with Gasteiger partial charge in [0.05, 0.1) is 6.92 Å². The molecular formula is C2H6NO3PS. The minimum atomic E-state index is -3.65. The molecule has 0 saturated carbocycles. The van der Waals surface area contributed by atoms with Crippen LogP contribution in [0.4, 0.5) is 0 Å². The topological polar surface area (TPSA) is 86.4 Å². The number of hydrogen-bond acceptors (Lipinski definition) is 2. The Morgan fingerprint density at radius 2 is 2.38 bits per heavy atom. The molecule has 0 aromatic heterocycles. The normalized spacial score (nSPS) is 17.0. The zero-order valence-corrected chi connectivity index (χ0v) is 5.91. The first-order valence-corrected chi connectivity index (χ1v) is 4.88. The summed E-state index contributed by atoms with van der Waals surface area (Å²) in [4.78, 5) is 28.4. The van der Waals surface area contributed by atoms with E-state index in [2.05, 4.69) is 5.50 Å². The number of rotatable bonds is 0. The van der Waals surface area contributed by atoms with Crippen LogP contribution in [0.2, 0.25) is 0 Å². The Kier molecular flexibility index (Phi) is 2.73. The molecular weight excluding hydrogens is 149 g/mol. The fourth-order valence-corrected chi connectivity index (χ4v) is 1.66. The second-order valence-corrected chi connectivity index (χ2v) is 5.15. The molecule has 0 spiro atoms. The molecule has 0 aliphatic heterocycles. The fraction of sp³-hybridized carbons (Fsp3) is 0.500. The van der Waals surface area contributed by atoms with Crippen molar-refractivity contribution >= 4 is 22.7 Å². The van der Waals surface area contributed by atoms with Crippen LogP contribution >= 0.6 is 6.64 Å². The smallest absolute Gasteiger partial charge is 0.399 e. The highest BCUT2D eigenvalue weighted by atomic mass is 32.5. The molecule has 0 bridgehead atoms. The van der Waals surface area contributed by atoms with Crippen molar-refractivity contribution in [2.24, 2.45) is 5.50 Å². The number of nitrogens with two attached hydrogens (primary N) is 1. The Bertz CT molecular complexity index is 141. The summed E-state index contributed by atoms with van der Waals surface area (Å²) in [7, 11) is 0.262. The van der Waals surface area contributed by atoms with Crippen LogP contribution in [0.3, 0.4) is 0 Å². The van der Waals surface area contributed by atoms with Gasteiger partial charge in [-0.2, -0.15) is 0 Å². The van der Waals surface area contributed by atoms with Gasteiger partial charge in [0.2, 0.25) is 0 Å². The van der Waals surface area contributed by atoms with Gasteiger partial charge in [0.1, 0.15) is 0 Å². The van der Waals surface area contributed by atoms with Crippen molar-refractivity contribution in [2.75, 3.05) is 0 Å². The molecule has 0 amide bonds. The Hall–Kier alpha value is 0.200. The summed E-state index contributed by atoms with van der Waals surface area (Å²) in [6, 6.07) is 0. The van der Waals surface area contributed by atoms with Gasteiger partial charge in [-0.15, -0.1) is 0 Å². The van der Waals surface area contributed by atoms with Crippen LogP contribution < -0.4 is 10.4 Å². The summed E-state index contributed by atoms with van der Waals surface area (Å²) in [5.74, 6) is 0. The maximum atomic E-state index is 10.1. The number of carbonyl (C=O) groups is 1. The lowest BCUT2D eigenvalue weighted by Crippen LogP contribution is -2.11. The van der Waals surface area contributed by atoms with Gasteiger partial charge < -0.3 is 9.79 Å². The van der Waals surface area contributed by atoms with Crippen molar-refractivity contribution in [3.8, 4) is 0 Å². The largest absolute Gasteiger partial charge is 0.752 e. The molecule has 0 aromatic carbocycles. The van der Waals surface area contributed by atoms with E-state index in [1.165, 1.54) is 6.92 Å². The summed E-state index contributed by atoms with van der Waals surface area (Å²) in [6.45, 7) is -2.47. The molecule has 1 unspecified atom stereocenters. The van der Waals surface area contributed by atoms with E-state index in [9.17, 15) is 9.69 Å². The Morgan fingerprint density at radius 3 is 2.38 bits per heavy atom. The summed E-state index contributed by atoms with van der Waals surface area (Å²) in [5, 5.41) is -0.446. The van der Waals surface area contributed by atoms with Gasteiger partial charge in [-0.1, -0.05) is 0 Å². The maximum absolute atomic E-state index is 10.1. The zero-order valence-electron chi connectivity index (χ0n) is 4.20. The first kappa shape index (κ1) is 8.20. The highest BCUT2D eigenvalue weighted by Gasteiger charge is 2.09. The predicted molar refractivity (Wildman–Crippen MR) is 31.4 cm³/mol. The average Bonchev–Trinajstić information content (AvgIpc) is 1.21. The minimum Gasteiger partial charge on any atom is -0.752 e. The quantitative estimate of drug-likeness (QED) is 0.333. The molecule has 3 N–H and O–H groups in total. The third kappa shape index (κ3) is 6.20. The van der Waals surface area contributed by atoms with Gasteiger partial charge >= 0.3 is 5.12 Å². The third-order valence-electron chi connectivity index (χ3n) is 0.259. The van der Waals surface area contributed by atoms with Crippen LogP contribution in [0.5, 0.6) is 0 Å². The summed E-state index contributed by atoms with van der Waals surface area (Å²) in [6.07, 6.45) is 0. The van der Waals surface area contributed by atoms with E-state index in [-0.39, 0.29) is 10.9 Å². The molecule has 4 nitrogen and oxygen atoms in total. The Labute approximate surface area is 50.5 Å². The van der Waals surface area contributed by atoms with Crippen LogP contribution in [0.25, 0.3) is 0 Å². The third-order valence-corrected chi connectivity index (χ3v) is 2.33. The van der Waals surface area contributed by atoms with Crippen molar-refractivity contribution in [3.05, 3.63) is 0 Å². The highest BCUT2D eigenvalue weighted by Crippen LogP contribution is 2.19. The molecule has 8 heavy (non-hydrogen) atoms. The fourth-order valence-electron chi connectivity index (χ4n) is 0.184. The van der Waals surface area contributed by atoms with E-state index in [1.54, 1.807) is 0 Å². The molecule has 48 valence electrons. The highest BCUT2D eigenvalue weighted by molar-refractivity contribution is 8.25. The molecule has 0 radical (unpaired) electrons. The summed E-state index contributed by atoms with van der Waals surface area (Å²) < 4.78 is 0. The van der Waals surface area contributed by atoms with Crippen molar-refractivity contribution < 1.29 is 14.6 Å². The van der Waals surface area contributed by atoms with E-state index in [1.807, 2.05) is 0 Å². The predicted octanol–water partition coefficient (Wildman–Crippen LogP) is -1.40. The van der Waals surface area contributed by atoms with Crippen LogP contribution in [-0.4, -0.2) is 10.0 Å². The van der Waals surface area contributed by atoms with Crippen LogP contribution in [0.1, 0.15) is 6.92 Å². The molecule has 0 saturated heterocycles. The first-order chi connectivity index (χ1) is 3.42. The molecule has 0 aliphatic carbocycles. The molecule has 0 rings (SSSR count). The number of carbonyl (C=O) groups excluding carboxylic acids is 1. The SMILES string of the molecule is CC(=O)[S+]=P(N)([O-])O. The second kappa shape index (κ2) is 2.66. The Balaban J connectivity index is 4.17. The van der Waals surface area contributed by atoms with Gasteiger partial charge in [-0.05, 0) is 0 Å². The van der Waals surface area contributed by atoms with E-state index in [0.29, 0.717) is 0 Å². The lowest BCUT2D eigenvalue weighted by atomic mass is 10.9. The van der Waals surface area contributed by atoms with Gasteiger partial charge in [-0.3, -0.25) is 5.50 Å². The molecule has 0 aromatic rings. The molecule has 6 heteroatoms. The molecule has 1 atom stereocenters. The minimum absolute atomic E-state index is 0.262. The van der Waals surface area contributed by atoms with Gasteiger partial charge in [0.25, 0.3) is 17.6 Å². The van der Waals surface area contributed by atoms with Crippen LogP contribution in [-0.2, 0) is 15.7 Å². The zero-order chi connectivity index (χ0) is 6.78. The van der Waals surface area contributed by atoms with Crippen LogP contribution in [0.15, 0.2) is 0 Å². The lowest BCUT2D eigenvalue weighted by molar-refractivity contribution is -0.177. The van der Waals surface area contributed by atoms with Crippen molar-refractivity contribution in [3.63, 3.8) is 0 Å². The standard InChI is InChI=1S/C2H6NO3PS/c1-2(4)8-7(3,5)6/h1H3,(H3-,3,4,5,6). The second-order valence-electron chi connectivity index (χ2n) is 1.15. The van der Waals surface area contributed by atoms with E-state index in [0.717, 1.165) is 0 Å². The molecule has 0 fully saturated rings. The summed E-state index contributed by atoms with van der Waals surface area (Å²) >= 11 is 0. The average molecular weight is 155 g/mol. The van der Waals surface area contributed by atoms with Gasteiger partial charge in [0.15, 0.2) is 0 Å². The molecule has 0 heterocycles. The monoisotopic (exact) mass is 155 g/mol. The maximum Gasteiger partial charge on any atom is 0.399 e. The first-order valence-electron chi connectivity index (χ1n) is 1.73. The van der Waals surface area contributed by atoms with Gasteiger partial charge in [0, 0.05) is 0 Å². The van der Waals surface area contributed by atoms with E-state index in [4.69, 9.17) is 4.89 Å². The van der Waals surface area contributed by atoms with E-state index >= 15 is 0 Å². The van der Waals surface area contributed by atoms with Gasteiger partial charge in [-0.25, -0.2) is 4.79 Å². The molecule has 0 aliphatic rings. The van der Waals surface area contributed by atoms with Crippen molar-refractivity contribution in [1.29, 1.82) is 0 Å². The van der Waals surface area contributed by atoms with Crippen molar-refractivity contribution in [1.82, 2.24) is 0 Å². The van der Waals surface area contributed by atoms with E-state index < -0.39 is 11.8 Å². The van der Waals surface area contributed by atoms with Crippen molar-refractivity contribution in [2.45, 2.75) is 6.92 Å². The van der Waals surface area contributed by atoms with Crippen LogP contribution in [0, 0.1) is 0 Å². The lowest BCUT2D eigenvalue weighted by Gasteiger charge is -2.00. The Morgan fingerprint density at radius 1 is 2.00 bits per heavy atom.